The number of ketones is 2. The van der Waals surface area contributed by atoms with Crippen molar-refractivity contribution in [2.24, 2.45) is 5.92 Å². The molecule has 0 spiro atoms. The van der Waals surface area contributed by atoms with Crippen molar-refractivity contribution >= 4 is 58.6 Å². The van der Waals surface area contributed by atoms with Crippen LogP contribution in [-0.4, -0.2) is 138 Å². The largest absolute Gasteiger partial charge is 0.488 e. The van der Waals surface area contributed by atoms with Crippen LogP contribution in [0.15, 0.2) is 97.1 Å². The zero-order valence-corrected chi connectivity index (χ0v) is 36.9. The quantitative estimate of drug-likeness (QED) is 0.126. The molecule has 0 aromatic heterocycles. The van der Waals surface area contributed by atoms with Gasteiger partial charge in [0.05, 0.1) is 12.5 Å². The van der Waals surface area contributed by atoms with E-state index >= 15 is 0 Å². The van der Waals surface area contributed by atoms with Crippen LogP contribution in [0, 0.1) is 5.92 Å². The second-order valence-corrected chi connectivity index (χ2v) is 18.1. The lowest BCUT2D eigenvalue weighted by molar-refractivity contribution is -0.133. The number of urea groups is 1. The maximum absolute atomic E-state index is 13.7. The number of piperidine rings is 1. The van der Waals surface area contributed by atoms with Gasteiger partial charge in [-0.15, -0.1) is 0 Å². The Morgan fingerprint density at radius 3 is 1.92 bits per heavy atom. The third-order valence-electron chi connectivity index (χ3n) is 14.2. The minimum atomic E-state index is -1.51. The maximum Gasteiger partial charge on any atom is 0.488 e. The molecule has 4 fully saturated rings. The summed E-state index contributed by atoms with van der Waals surface area (Å²) >= 11 is 0. The van der Waals surface area contributed by atoms with E-state index in [4.69, 9.17) is 0 Å². The van der Waals surface area contributed by atoms with Gasteiger partial charge in [-0.05, 0) is 101 Å². The third kappa shape index (κ3) is 9.25. The van der Waals surface area contributed by atoms with Crippen molar-refractivity contribution in [3.63, 3.8) is 0 Å². The number of likely N-dealkylation sites (tertiary alicyclic amines) is 1. The van der Waals surface area contributed by atoms with Crippen molar-refractivity contribution in [2.75, 3.05) is 81.8 Å². The topological polar surface area (TPSA) is 128 Å². The summed E-state index contributed by atoms with van der Waals surface area (Å²) in [7, 11) is -1.51. The van der Waals surface area contributed by atoms with Crippen LogP contribution in [-0.2, 0) is 16.1 Å². The summed E-state index contributed by atoms with van der Waals surface area (Å²) in [6.07, 6.45) is 3.58. The fourth-order valence-corrected chi connectivity index (χ4v) is 10.5. The number of carbonyl (C=O) groups excluding carboxylic acids is 4. The highest BCUT2D eigenvalue weighted by Crippen LogP contribution is 2.36. The van der Waals surface area contributed by atoms with E-state index in [0.717, 1.165) is 117 Å². The van der Waals surface area contributed by atoms with Crippen molar-refractivity contribution < 1.29 is 29.2 Å². The predicted molar refractivity (Wildman–Crippen MR) is 251 cm³/mol. The molecule has 0 bridgehead atoms. The van der Waals surface area contributed by atoms with Crippen molar-refractivity contribution in [1.82, 2.24) is 19.6 Å². The Balaban J connectivity index is 0.737. The molecule has 1 saturated carbocycles. The van der Waals surface area contributed by atoms with Gasteiger partial charge in [-0.25, -0.2) is 4.79 Å². The van der Waals surface area contributed by atoms with Gasteiger partial charge in [0.1, 0.15) is 5.78 Å². The number of hydrogen-bond acceptors (Lipinski definition) is 9. The van der Waals surface area contributed by atoms with Gasteiger partial charge in [0.2, 0.25) is 0 Å². The van der Waals surface area contributed by atoms with Crippen LogP contribution in [0.4, 0.5) is 16.2 Å². The van der Waals surface area contributed by atoms with Crippen molar-refractivity contribution in [2.45, 2.75) is 58.0 Å². The Kier molecular flexibility index (Phi) is 13.0. The van der Waals surface area contributed by atoms with E-state index in [-0.39, 0.29) is 29.9 Å². The minimum absolute atomic E-state index is 0.0317. The molecule has 1 atom stereocenters. The standard InChI is InChI=1S/C51H59BN6O6/c1-2-45(37-6-4-3-5-7-37)49(38-8-12-41(13-9-38)52(63)64)39-10-14-42(15-11-39)54-28-30-57(31-29-54)51(62)56-22-20-36(21-23-56)34-53-24-26-55(27-25-53)43-16-18-46-40(32-43)35-58(50(46)61)47-19-17-44(59)33-48(47)60/h3-16,18,32,36,47,63-64H,2,17,19-31,33-35H2,1H3/b49-45-. The van der Waals surface area contributed by atoms with Crippen LogP contribution < -0.4 is 15.3 Å². The summed E-state index contributed by atoms with van der Waals surface area (Å²) in [4.78, 5) is 64.4. The Hall–Kier alpha value is -5.76. The number of allylic oxidation sites excluding steroid dienone is 1. The molecule has 5 aliphatic rings. The monoisotopic (exact) mass is 862 g/mol. The molecule has 4 aromatic rings. The summed E-state index contributed by atoms with van der Waals surface area (Å²) in [6, 6.07) is 32.3. The molecule has 3 saturated heterocycles. The van der Waals surface area contributed by atoms with Crippen molar-refractivity contribution in [3.05, 3.63) is 125 Å². The van der Waals surface area contributed by atoms with E-state index in [2.05, 4.69) is 81.1 Å². The Bertz CT molecular complexity index is 2370. The summed E-state index contributed by atoms with van der Waals surface area (Å²) < 4.78 is 0. The molecule has 3 amide bonds. The number of amides is 3. The summed E-state index contributed by atoms with van der Waals surface area (Å²) in [6.45, 7) is 11.9. The molecule has 1 aliphatic carbocycles. The molecule has 13 heteroatoms. The fourth-order valence-electron chi connectivity index (χ4n) is 10.5. The molecule has 64 heavy (non-hydrogen) atoms. The minimum Gasteiger partial charge on any atom is -0.423 e. The number of piperazine rings is 2. The number of hydrogen-bond donors (Lipinski definition) is 2. The molecule has 2 N–H and O–H groups in total. The summed E-state index contributed by atoms with van der Waals surface area (Å²) in [5.41, 5.74) is 9.96. The summed E-state index contributed by atoms with van der Waals surface area (Å²) in [5.74, 6) is 0.292. The first-order valence-corrected chi connectivity index (χ1v) is 23.2. The van der Waals surface area contributed by atoms with Crippen molar-refractivity contribution in [3.8, 4) is 0 Å². The van der Waals surface area contributed by atoms with Crippen LogP contribution in [0.25, 0.3) is 11.1 Å². The maximum atomic E-state index is 13.7. The predicted octanol–water partition coefficient (Wildman–Crippen LogP) is 5.16. The first kappa shape index (κ1) is 43.5. The number of anilines is 2. The highest BCUT2D eigenvalue weighted by molar-refractivity contribution is 6.58. The van der Waals surface area contributed by atoms with E-state index in [1.54, 1.807) is 17.0 Å². The Labute approximate surface area is 376 Å². The van der Waals surface area contributed by atoms with E-state index in [0.29, 0.717) is 49.4 Å². The molecule has 4 aromatic carbocycles. The van der Waals surface area contributed by atoms with E-state index in [1.807, 2.05) is 35.2 Å². The lowest BCUT2D eigenvalue weighted by Crippen LogP contribution is -2.54. The molecule has 332 valence electrons. The van der Waals surface area contributed by atoms with Crippen LogP contribution in [0.3, 0.4) is 0 Å². The number of carbonyl (C=O) groups is 4. The van der Waals surface area contributed by atoms with Gasteiger partial charge < -0.3 is 34.5 Å². The number of fused-ring (bicyclic) bond motifs is 1. The smallest absolute Gasteiger partial charge is 0.423 e. The van der Waals surface area contributed by atoms with Gasteiger partial charge in [0.25, 0.3) is 5.91 Å². The van der Waals surface area contributed by atoms with Crippen LogP contribution in [0.2, 0.25) is 0 Å². The van der Waals surface area contributed by atoms with Gasteiger partial charge in [-0.1, -0.05) is 73.7 Å². The first-order valence-electron chi connectivity index (χ1n) is 23.2. The van der Waals surface area contributed by atoms with Gasteiger partial charge in [0, 0.05) is 102 Å². The van der Waals surface area contributed by atoms with Crippen molar-refractivity contribution in [1.29, 1.82) is 0 Å². The number of Topliss-reactive ketones (excluding diaryl/α,β-unsaturated/α-hetero) is 2. The van der Waals surface area contributed by atoms with E-state index in [1.165, 1.54) is 5.57 Å². The highest BCUT2D eigenvalue weighted by atomic mass is 16.4. The zero-order chi connectivity index (χ0) is 44.3. The van der Waals surface area contributed by atoms with Gasteiger partial charge >= 0.3 is 13.1 Å². The molecular formula is C51H59BN6O6. The lowest BCUT2D eigenvalue weighted by Gasteiger charge is -2.42. The fraction of sp³-hybridized carbons (Fsp3) is 0.412. The van der Waals surface area contributed by atoms with Crippen LogP contribution in [0.1, 0.15) is 78.1 Å². The zero-order valence-electron chi connectivity index (χ0n) is 36.9. The molecular weight excluding hydrogens is 803 g/mol. The molecule has 0 radical (unpaired) electrons. The van der Waals surface area contributed by atoms with Gasteiger partial charge in [0.15, 0.2) is 5.78 Å². The second-order valence-electron chi connectivity index (χ2n) is 18.1. The normalized spacial score (nSPS) is 20.5. The third-order valence-corrected chi connectivity index (χ3v) is 14.2. The lowest BCUT2D eigenvalue weighted by atomic mass is 9.79. The molecule has 4 aliphatic heterocycles. The summed E-state index contributed by atoms with van der Waals surface area (Å²) in [5, 5.41) is 19.4. The average Bonchev–Trinajstić information content (AvgIpc) is 3.66. The van der Waals surface area contributed by atoms with Crippen LogP contribution >= 0.6 is 0 Å². The molecule has 1 unspecified atom stereocenters. The van der Waals surface area contributed by atoms with E-state index in [9.17, 15) is 29.2 Å². The SMILES string of the molecule is CC/C(=C(\c1ccc(B(O)O)cc1)c1ccc(N2CCN(C(=O)N3CCC(CN4CCN(c5ccc6c(c5)CN(C5CCC(=O)CC5=O)C6=O)CC4)CC3)CC2)cc1)c1ccccc1. The number of nitrogens with zero attached hydrogens (tertiary/aromatic N) is 6. The average molecular weight is 863 g/mol. The molecule has 9 rings (SSSR count). The highest BCUT2D eigenvalue weighted by Gasteiger charge is 2.39. The van der Waals surface area contributed by atoms with Gasteiger partial charge in [-0.3, -0.25) is 19.3 Å². The van der Waals surface area contributed by atoms with E-state index < -0.39 is 13.2 Å². The first-order chi connectivity index (χ1) is 31.1. The van der Waals surface area contributed by atoms with Gasteiger partial charge in [-0.2, -0.15) is 0 Å². The number of rotatable bonds is 10. The number of benzene rings is 4. The Morgan fingerprint density at radius 2 is 1.28 bits per heavy atom. The second kappa shape index (κ2) is 19.2. The van der Waals surface area contributed by atoms with Crippen LogP contribution in [0.5, 0.6) is 0 Å². The molecule has 4 heterocycles. The molecule has 12 nitrogen and oxygen atoms in total. The Morgan fingerprint density at radius 1 is 0.672 bits per heavy atom.